The predicted octanol–water partition coefficient (Wildman–Crippen LogP) is 0.635. The number of amides is 1. The van der Waals surface area contributed by atoms with Gasteiger partial charge in [0, 0.05) is 18.9 Å². The van der Waals surface area contributed by atoms with Crippen molar-refractivity contribution in [1.82, 2.24) is 10.3 Å². The smallest absolute Gasteiger partial charge is 0.259 e. The second-order valence-corrected chi connectivity index (χ2v) is 4.10. The summed E-state index contributed by atoms with van der Waals surface area (Å²) in [6, 6.07) is 1.90. The Hall–Kier alpha value is -1.91. The predicted molar refractivity (Wildman–Crippen MR) is 65.9 cm³/mol. The third-order valence-corrected chi connectivity index (χ3v) is 2.91. The molecule has 90 valence electrons. The molecule has 0 bridgehead atoms. The first-order chi connectivity index (χ1) is 8.20. The quantitative estimate of drug-likeness (QED) is 0.550. The number of fused-ring (bicyclic) bond motifs is 1. The summed E-state index contributed by atoms with van der Waals surface area (Å²) in [6.45, 7) is 0. The fourth-order valence-electron chi connectivity index (χ4n) is 1.96. The Labute approximate surface area is 100 Å². The van der Waals surface area contributed by atoms with Gasteiger partial charge in [0.2, 0.25) is 0 Å². The molecular weight excluding hydrogens is 216 g/mol. The number of hydrogen-bond acceptors (Lipinski definition) is 3. The van der Waals surface area contributed by atoms with Gasteiger partial charge in [0.25, 0.3) is 5.91 Å². The van der Waals surface area contributed by atoms with Crippen molar-refractivity contribution in [2.45, 2.75) is 25.7 Å². The van der Waals surface area contributed by atoms with Crippen LogP contribution in [0.5, 0.6) is 0 Å². The first-order valence-electron chi connectivity index (χ1n) is 5.72. The molecule has 1 aromatic rings. The molecular formula is C12H16N4O. The van der Waals surface area contributed by atoms with Crippen LogP contribution < -0.4 is 11.1 Å². The van der Waals surface area contributed by atoms with Gasteiger partial charge in [-0.05, 0) is 37.3 Å². The maximum Gasteiger partial charge on any atom is 0.259 e. The third-order valence-electron chi connectivity index (χ3n) is 2.91. The van der Waals surface area contributed by atoms with Crippen LogP contribution in [0.25, 0.3) is 0 Å². The van der Waals surface area contributed by atoms with E-state index in [0.717, 1.165) is 25.0 Å². The van der Waals surface area contributed by atoms with Gasteiger partial charge in [-0.3, -0.25) is 20.1 Å². The third kappa shape index (κ3) is 2.61. The number of pyridine rings is 1. The summed E-state index contributed by atoms with van der Waals surface area (Å²) < 4.78 is 0. The molecule has 17 heavy (non-hydrogen) atoms. The minimum Gasteiger partial charge on any atom is -0.370 e. The Morgan fingerprint density at radius 1 is 1.47 bits per heavy atom. The Morgan fingerprint density at radius 2 is 2.24 bits per heavy atom. The second kappa shape index (κ2) is 4.95. The second-order valence-electron chi connectivity index (χ2n) is 4.10. The van der Waals surface area contributed by atoms with Crippen LogP contribution in [0.2, 0.25) is 0 Å². The van der Waals surface area contributed by atoms with Gasteiger partial charge < -0.3 is 5.73 Å². The molecule has 0 spiro atoms. The molecule has 0 aliphatic heterocycles. The number of nitrogens with zero attached hydrogens (tertiary/aromatic N) is 2. The van der Waals surface area contributed by atoms with Crippen LogP contribution in [0.3, 0.4) is 0 Å². The van der Waals surface area contributed by atoms with Crippen molar-refractivity contribution in [3.05, 3.63) is 29.1 Å². The van der Waals surface area contributed by atoms with E-state index >= 15 is 0 Å². The number of aromatic nitrogens is 1. The summed E-state index contributed by atoms with van der Waals surface area (Å²) in [5.41, 5.74) is 8.28. The van der Waals surface area contributed by atoms with E-state index in [4.69, 9.17) is 5.73 Å². The molecule has 0 unspecified atom stereocenters. The zero-order valence-corrected chi connectivity index (χ0v) is 9.86. The molecule has 1 aromatic heterocycles. The molecule has 0 saturated carbocycles. The largest absolute Gasteiger partial charge is 0.370 e. The van der Waals surface area contributed by atoms with Crippen molar-refractivity contribution in [2.24, 2.45) is 10.7 Å². The normalized spacial score (nSPS) is 15.2. The minimum absolute atomic E-state index is 0.118. The Bertz CT molecular complexity index is 468. The zero-order valence-electron chi connectivity index (χ0n) is 9.86. The highest BCUT2D eigenvalue weighted by Gasteiger charge is 2.14. The lowest BCUT2D eigenvalue weighted by molar-refractivity contribution is 0.0976. The highest BCUT2D eigenvalue weighted by atomic mass is 16.1. The van der Waals surface area contributed by atoms with Crippen molar-refractivity contribution < 1.29 is 4.79 Å². The lowest BCUT2D eigenvalue weighted by Crippen LogP contribution is -2.36. The van der Waals surface area contributed by atoms with E-state index in [-0.39, 0.29) is 11.9 Å². The monoisotopic (exact) mass is 232 g/mol. The van der Waals surface area contributed by atoms with E-state index in [1.165, 1.54) is 19.0 Å². The number of aryl methyl sites for hydroxylation is 2. The molecule has 2 rings (SSSR count). The van der Waals surface area contributed by atoms with Crippen molar-refractivity contribution in [3.63, 3.8) is 0 Å². The molecule has 0 atom stereocenters. The van der Waals surface area contributed by atoms with Crippen LogP contribution in [0.1, 0.15) is 34.5 Å². The minimum atomic E-state index is -0.256. The molecule has 1 aliphatic carbocycles. The lowest BCUT2D eigenvalue weighted by atomic mass is 9.95. The first kappa shape index (κ1) is 11.6. The summed E-state index contributed by atoms with van der Waals surface area (Å²) in [5, 5.41) is 2.50. The molecule has 1 heterocycles. The topological polar surface area (TPSA) is 80.4 Å². The van der Waals surface area contributed by atoms with E-state index in [2.05, 4.69) is 15.3 Å². The molecule has 3 N–H and O–H groups in total. The Kier molecular flexibility index (Phi) is 3.37. The number of guanidine groups is 1. The average molecular weight is 232 g/mol. The molecule has 1 aliphatic rings. The van der Waals surface area contributed by atoms with Gasteiger partial charge >= 0.3 is 0 Å². The summed E-state index contributed by atoms with van der Waals surface area (Å²) >= 11 is 0. The van der Waals surface area contributed by atoms with Crippen LogP contribution in [0.4, 0.5) is 0 Å². The zero-order chi connectivity index (χ0) is 12.3. The van der Waals surface area contributed by atoms with Gasteiger partial charge in [0.15, 0.2) is 5.96 Å². The number of nitrogens with one attached hydrogen (secondary N) is 1. The van der Waals surface area contributed by atoms with Crippen molar-refractivity contribution in [2.75, 3.05) is 7.05 Å². The lowest BCUT2D eigenvalue weighted by Gasteiger charge is -2.15. The number of nitrogens with two attached hydrogens (primary N) is 1. The van der Waals surface area contributed by atoms with E-state index < -0.39 is 0 Å². The van der Waals surface area contributed by atoms with Gasteiger partial charge in [-0.25, -0.2) is 0 Å². The van der Waals surface area contributed by atoms with Gasteiger partial charge in [0.05, 0.1) is 5.56 Å². The molecule has 5 heteroatoms. The Morgan fingerprint density at radius 3 is 3.00 bits per heavy atom. The molecule has 1 amide bonds. The van der Waals surface area contributed by atoms with Crippen LogP contribution >= 0.6 is 0 Å². The first-order valence-corrected chi connectivity index (χ1v) is 5.72. The molecule has 0 aromatic carbocycles. The van der Waals surface area contributed by atoms with Crippen molar-refractivity contribution in [1.29, 1.82) is 0 Å². The number of carbonyl (C=O) groups excluding carboxylic acids is 1. The number of aliphatic imine (C=N–C) groups is 1. The number of hydrogen-bond donors (Lipinski definition) is 2. The van der Waals surface area contributed by atoms with Crippen LogP contribution in [-0.2, 0) is 12.8 Å². The van der Waals surface area contributed by atoms with E-state index in [9.17, 15) is 4.79 Å². The van der Waals surface area contributed by atoms with Crippen LogP contribution in [0.15, 0.2) is 17.3 Å². The SMILES string of the molecule is CN=C(N)NC(=O)c1cnc2c(c1)CCCC2. The number of rotatable bonds is 1. The summed E-state index contributed by atoms with van der Waals surface area (Å²) in [7, 11) is 1.53. The Balaban J connectivity index is 2.19. The fourth-order valence-corrected chi connectivity index (χ4v) is 1.96. The number of carbonyl (C=O) groups is 1. The van der Waals surface area contributed by atoms with E-state index in [1.807, 2.05) is 6.07 Å². The van der Waals surface area contributed by atoms with Crippen LogP contribution in [0, 0.1) is 0 Å². The molecule has 0 fully saturated rings. The highest BCUT2D eigenvalue weighted by molar-refractivity contribution is 6.05. The molecule has 5 nitrogen and oxygen atoms in total. The van der Waals surface area contributed by atoms with Gasteiger partial charge in [-0.15, -0.1) is 0 Å². The highest BCUT2D eigenvalue weighted by Crippen LogP contribution is 2.19. The van der Waals surface area contributed by atoms with E-state index in [1.54, 1.807) is 6.20 Å². The maximum absolute atomic E-state index is 11.8. The summed E-state index contributed by atoms with van der Waals surface area (Å²) in [6.07, 6.45) is 5.96. The summed E-state index contributed by atoms with van der Waals surface area (Å²) in [5.74, 6) is -0.137. The molecule has 0 saturated heterocycles. The standard InChI is InChI=1S/C12H16N4O/c1-14-12(13)16-11(17)9-6-8-4-2-3-5-10(8)15-7-9/h6-7H,2-5H2,1H3,(H3,13,14,16,17). The van der Waals surface area contributed by atoms with E-state index in [0.29, 0.717) is 5.56 Å². The van der Waals surface area contributed by atoms with Crippen LogP contribution in [-0.4, -0.2) is 23.9 Å². The van der Waals surface area contributed by atoms with Gasteiger partial charge in [-0.1, -0.05) is 0 Å². The van der Waals surface area contributed by atoms with Gasteiger partial charge in [0.1, 0.15) is 0 Å². The van der Waals surface area contributed by atoms with Crippen molar-refractivity contribution in [3.8, 4) is 0 Å². The molecule has 0 radical (unpaired) electrons. The van der Waals surface area contributed by atoms with Gasteiger partial charge in [-0.2, -0.15) is 0 Å². The fraction of sp³-hybridized carbons (Fsp3) is 0.417. The van der Waals surface area contributed by atoms with Crippen molar-refractivity contribution >= 4 is 11.9 Å². The average Bonchev–Trinajstić information content (AvgIpc) is 2.38. The maximum atomic E-state index is 11.8. The summed E-state index contributed by atoms with van der Waals surface area (Å²) in [4.78, 5) is 19.8.